The van der Waals surface area contributed by atoms with E-state index in [1.165, 1.54) is 11.1 Å². The lowest BCUT2D eigenvalue weighted by molar-refractivity contribution is -0.0381. The maximum atomic E-state index is 13.3. The number of ether oxygens (including phenoxy) is 1. The Morgan fingerprint density at radius 1 is 1.17 bits per heavy atom. The number of nitrogens with one attached hydrogen (secondary N) is 1. The highest BCUT2D eigenvalue weighted by atomic mass is 19.1. The van der Waals surface area contributed by atoms with E-state index >= 15 is 0 Å². The van der Waals surface area contributed by atoms with Crippen molar-refractivity contribution in [3.05, 3.63) is 65.0 Å². The van der Waals surface area contributed by atoms with Gasteiger partial charge in [0.2, 0.25) is 0 Å². The zero-order chi connectivity index (χ0) is 15.8. The van der Waals surface area contributed by atoms with Crippen LogP contribution in [0.1, 0.15) is 48.6 Å². The second-order valence-electron chi connectivity index (χ2n) is 6.55. The third kappa shape index (κ3) is 2.63. The van der Waals surface area contributed by atoms with E-state index in [2.05, 4.69) is 30.4 Å². The summed E-state index contributed by atoms with van der Waals surface area (Å²) in [6, 6.07) is 13.7. The predicted octanol–water partition coefficient (Wildman–Crippen LogP) is 5.02. The van der Waals surface area contributed by atoms with Crippen LogP contribution in [0.5, 0.6) is 0 Å². The monoisotopic (exact) mass is 311 g/mol. The molecule has 23 heavy (non-hydrogen) atoms. The van der Waals surface area contributed by atoms with Crippen molar-refractivity contribution in [1.29, 1.82) is 0 Å². The first-order valence-corrected chi connectivity index (χ1v) is 8.52. The van der Waals surface area contributed by atoms with Crippen molar-refractivity contribution in [3.63, 3.8) is 0 Å². The fourth-order valence-electron chi connectivity index (χ4n) is 3.94. The molecule has 2 nitrogen and oxygen atoms in total. The predicted molar refractivity (Wildman–Crippen MR) is 90.0 cm³/mol. The minimum atomic E-state index is -0.186. The van der Waals surface area contributed by atoms with Gasteiger partial charge in [0.05, 0.1) is 12.1 Å². The third-order valence-corrected chi connectivity index (χ3v) is 5.17. The van der Waals surface area contributed by atoms with Gasteiger partial charge < -0.3 is 10.1 Å². The average Bonchev–Trinajstić information content (AvgIpc) is 2.61. The van der Waals surface area contributed by atoms with Crippen molar-refractivity contribution in [2.45, 2.75) is 38.3 Å². The Morgan fingerprint density at radius 2 is 2.00 bits per heavy atom. The standard InChI is InChI=1S/C20H22FNO/c1-2-13-5-10-18-17(12-13)20-16(4-3-11-23-20)19(22-18)14-6-8-15(21)9-7-14/h5-10,12,16,19-20,22H,2-4,11H2,1H3/t16-,19-,20+/m0/s1. The van der Waals surface area contributed by atoms with Gasteiger partial charge in [0.15, 0.2) is 0 Å². The van der Waals surface area contributed by atoms with Gasteiger partial charge in [0.1, 0.15) is 5.82 Å². The summed E-state index contributed by atoms with van der Waals surface area (Å²) in [4.78, 5) is 0. The quantitative estimate of drug-likeness (QED) is 0.840. The number of benzene rings is 2. The molecule has 0 aromatic heterocycles. The number of hydrogen-bond donors (Lipinski definition) is 1. The molecule has 0 aliphatic carbocycles. The summed E-state index contributed by atoms with van der Waals surface area (Å²) < 4.78 is 19.4. The second-order valence-corrected chi connectivity index (χ2v) is 6.55. The van der Waals surface area contributed by atoms with Gasteiger partial charge in [0, 0.05) is 23.8 Å². The summed E-state index contributed by atoms with van der Waals surface area (Å²) in [5, 5.41) is 3.68. The van der Waals surface area contributed by atoms with Gasteiger partial charge in [0.25, 0.3) is 0 Å². The molecular formula is C20H22FNO. The summed E-state index contributed by atoms with van der Waals surface area (Å²) in [5.41, 5.74) is 4.92. The van der Waals surface area contributed by atoms with Crippen LogP contribution in [0.3, 0.4) is 0 Å². The van der Waals surface area contributed by atoms with Crippen molar-refractivity contribution in [1.82, 2.24) is 0 Å². The molecule has 3 heteroatoms. The van der Waals surface area contributed by atoms with Crippen LogP contribution >= 0.6 is 0 Å². The lowest BCUT2D eigenvalue weighted by Gasteiger charge is -2.43. The van der Waals surface area contributed by atoms with E-state index in [4.69, 9.17) is 4.74 Å². The molecule has 4 rings (SSSR count). The molecule has 0 radical (unpaired) electrons. The second kappa shape index (κ2) is 5.97. The number of anilines is 1. The van der Waals surface area contributed by atoms with Crippen LogP contribution in [0, 0.1) is 11.7 Å². The number of rotatable bonds is 2. The topological polar surface area (TPSA) is 21.3 Å². The van der Waals surface area contributed by atoms with E-state index < -0.39 is 0 Å². The smallest absolute Gasteiger partial charge is 0.123 e. The Labute approximate surface area is 136 Å². The highest BCUT2D eigenvalue weighted by molar-refractivity contribution is 5.58. The number of hydrogen-bond acceptors (Lipinski definition) is 2. The van der Waals surface area contributed by atoms with Crippen LogP contribution < -0.4 is 5.32 Å². The molecule has 2 aromatic carbocycles. The number of aryl methyl sites for hydroxylation is 1. The molecule has 120 valence electrons. The van der Waals surface area contributed by atoms with E-state index in [0.29, 0.717) is 5.92 Å². The number of halogens is 1. The van der Waals surface area contributed by atoms with E-state index in [9.17, 15) is 4.39 Å². The van der Waals surface area contributed by atoms with Gasteiger partial charge in [-0.05, 0) is 48.6 Å². The SMILES string of the molecule is CCc1ccc2c(c1)[C@@H]1OCCC[C@H]1[C@H](c1ccc(F)cc1)N2. The van der Waals surface area contributed by atoms with Crippen LogP contribution in [0.4, 0.5) is 10.1 Å². The average molecular weight is 311 g/mol. The zero-order valence-corrected chi connectivity index (χ0v) is 13.4. The fraction of sp³-hybridized carbons (Fsp3) is 0.400. The molecule has 2 aliphatic rings. The lowest BCUT2D eigenvalue weighted by atomic mass is 9.77. The van der Waals surface area contributed by atoms with Crippen LogP contribution in [0.2, 0.25) is 0 Å². The van der Waals surface area contributed by atoms with E-state index in [-0.39, 0.29) is 18.0 Å². The normalized spacial score (nSPS) is 26.1. The molecule has 0 unspecified atom stereocenters. The Bertz CT molecular complexity index is 697. The third-order valence-electron chi connectivity index (χ3n) is 5.17. The fourth-order valence-corrected chi connectivity index (χ4v) is 3.94. The first-order chi connectivity index (χ1) is 11.3. The molecule has 0 bridgehead atoms. The molecule has 0 spiro atoms. The Hall–Kier alpha value is -1.87. The molecule has 1 fully saturated rings. The van der Waals surface area contributed by atoms with Gasteiger partial charge in [-0.15, -0.1) is 0 Å². The maximum Gasteiger partial charge on any atom is 0.123 e. The largest absolute Gasteiger partial charge is 0.378 e. The molecule has 3 atom stereocenters. The summed E-state index contributed by atoms with van der Waals surface area (Å²) in [5.74, 6) is 0.211. The summed E-state index contributed by atoms with van der Waals surface area (Å²) in [6.07, 6.45) is 3.40. The van der Waals surface area contributed by atoms with Gasteiger partial charge >= 0.3 is 0 Å². The Kier molecular flexibility index (Phi) is 3.82. The van der Waals surface area contributed by atoms with Crippen molar-refractivity contribution < 1.29 is 9.13 Å². The molecule has 2 aromatic rings. The molecule has 0 amide bonds. The molecular weight excluding hydrogens is 289 g/mol. The highest BCUT2D eigenvalue weighted by Gasteiger charge is 2.39. The highest BCUT2D eigenvalue weighted by Crippen LogP contribution is 2.49. The van der Waals surface area contributed by atoms with Crippen molar-refractivity contribution in [2.24, 2.45) is 5.92 Å². The zero-order valence-electron chi connectivity index (χ0n) is 13.4. The minimum Gasteiger partial charge on any atom is -0.378 e. The first kappa shape index (κ1) is 14.7. The molecule has 2 heterocycles. The van der Waals surface area contributed by atoms with Gasteiger partial charge in [-0.3, -0.25) is 0 Å². The molecule has 1 saturated heterocycles. The minimum absolute atomic E-state index is 0.140. The van der Waals surface area contributed by atoms with Gasteiger partial charge in [-0.25, -0.2) is 4.39 Å². The Morgan fingerprint density at radius 3 is 2.78 bits per heavy atom. The van der Waals surface area contributed by atoms with Crippen molar-refractivity contribution in [3.8, 4) is 0 Å². The van der Waals surface area contributed by atoms with E-state index in [1.54, 1.807) is 12.1 Å². The Balaban J connectivity index is 1.75. The molecule has 1 N–H and O–H groups in total. The first-order valence-electron chi connectivity index (χ1n) is 8.52. The maximum absolute atomic E-state index is 13.3. The summed E-state index contributed by atoms with van der Waals surface area (Å²) >= 11 is 0. The summed E-state index contributed by atoms with van der Waals surface area (Å²) in [7, 11) is 0. The van der Waals surface area contributed by atoms with Crippen LogP contribution in [0.15, 0.2) is 42.5 Å². The molecule has 0 saturated carbocycles. The van der Waals surface area contributed by atoms with Gasteiger partial charge in [-0.2, -0.15) is 0 Å². The van der Waals surface area contributed by atoms with Crippen LogP contribution in [-0.4, -0.2) is 6.61 Å². The van der Waals surface area contributed by atoms with Crippen LogP contribution in [0.25, 0.3) is 0 Å². The number of fused-ring (bicyclic) bond motifs is 3. The van der Waals surface area contributed by atoms with Crippen molar-refractivity contribution >= 4 is 5.69 Å². The van der Waals surface area contributed by atoms with Gasteiger partial charge in [-0.1, -0.05) is 31.2 Å². The van der Waals surface area contributed by atoms with Crippen LogP contribution in [-0.2, 0) is 11.2 Å². The lowest BCUT2D eigenvalue weighted by Crippen LogP contribution is -2.36. The summed E-state index contributed by atoms with van der Waals surface area (Å²) in [6.45, 7) is 3.01. The molecule has 2 aliphatic heterocycles. The van der Waals surface area contributed by atoms with E-state index in [1.807, 2.05) is 12.1 Å². The van der Waals surface area contributed by atoms with Crippen molar-refractivity contribution in [2.75, 3.05) is 11.9 Å². The van der Waals surface area contributed by atoms with E-state index in [0.717, 1.165) is 37.1 Å².